The van der Waals surface area contributed by atoms with Crippen molar-refractivity contribution in [2.45, 2.75) is 22.7 Å². The predicted molar refractivity (Wildman–Crippen MR) is 174 cm³/mol. The normalized spacial score (nSPS) is 18.3. The number of rotatable bonds is 11. The highest BCUT2D eigenvalue weighted by molar-refractivity contribution is 8.01. The number of aromatic nitrogens is 3. The number of amides is 2. The summed E-state index contributed by atoms with van der Waals surface area (Å²) in [5.41, 5.74) is 12.9. The second-order valence-corrected chi connectivity index (χ2v) is 13.2. The van der Waals surface area contributed by atoms with Gasteiger partial charge in [0.15, 0.2) is 27.5 Å². The van der Waals surface area contributed by atoms with E-state index in [2.05, 4.69) is 25.4 Å². The molecule has 1 fully saturated rings. The Morgan fingerprint density at radius 2 is 1.96 bits per heavy atom. The van der Waals surface area contributed by atoms with Crippen molar-refractivity contribution < 1.29 is 44.4 Å². The molecule has 1 aromatic heterocycles. The van der Waals surface area contributed by atoms with Crippen molar-refractivity contribution in [1.29, 1.82) is 0 Å². The quantitative estimate of drug-likeness (QED) is 0.0274. The number of phenolic OH excluding ortho intramolecular Hbond substituents is 2. The van der Waals surface area contributed by atoms with Crippen molar-refractivity contribution in [2.24, 2.45) is 5.16 Å². The van der Waals surface area contributed by atoms with Gasteiger partial charge in [0.25, 0.3) is 11.8 Å². The number of oxime groups is 1. The molecule has 0 radical (unpaired) electrons. The summed E-state index contributed by atoms with van der Waals surface area (Å²) in [7, 11) is 0. The van der Waals surface area contributed by atoms with Crippen LogP contribution in [-0.4, -0.2) is 92.7 Å². The van der Waals surface area contributed by atoms with E-state index >= 15 is 0 Å². The maximum absolute atomic E-state index is 13.5. The number of carboxylic acid groups (broad SMARTS) is 2. The molecule has 1 saturated heterocycles. The third-order valence-corrected chi connectivity index (χ3v) is 10.2. The van der Waals surface area contributed by atoms with E-state index < -0.39 is 58.5 Å². The lowest BCUT2D eigenvalue weighted by molar-refractivity contribution is -0.151. The molecule has 17 nitrogen and oxygen atoms in total. The zero-order valence-electron chi connectivity index (χ0n) is 24.2. The van der Waals surface area contributed by atoms with Gasteiger partial charge < -0.3 is 47.0 Å². The van der Waals surface area contributed by atoms with Gasteiger partial charge in [-0.2, -0.15) is 0 Å². The molecule has 20 heteroatoms. The van der Waals surface area contributed by atoms with Gasteiger partial charge in [0.2, 0.25) is 6.10 Å². The molecular formula is C28H24N8O9S3. The first-order valence-corrected chi connectivity index (χ1v) is 16.6. The van der Waals surface area contributed by atoms with Crippen molar-refractivity contribution in [1.82, 2.24) is 25.2 Å². The van der Waals surface area contributed by atoms with Gasteiger partial charge in [-0.15, -0.1) is 23.1 Å². The molecule has 48 heavy (non-hydrogen) atoms. The number of nitrogens with one attached hydrogen (secondary N) is 2. The van der Waals surface area contributed by atoms with Crippen LogP contribution in [0.4, 0.5) is 10.9 Å². The number of hydrogen-bond acceptors (Lipinski definition) is 15. The highest BCUT2D eigenvalue weighted by Crippen LogP contribution is 2.42. The Bertz CT molecular complexity index is 1990. The number of nitrogen functional groups attached to an aromatic ring is 2. The van der Waals surface area contributed by atoms with Gasteiger partial charge in [0.1, 0.15) is 28.6 Å². The number of anilines is 2. The number of aromatic hydroxyl groups is 2. The fourth-order valence-corrected chi connectivity index (χ4v) is 7.87. The van der Waals surface area contributed by atoms with E-state index in [1.54, 1.807) is 0 Å². The Labute approximate surface area is 282 Å². The summed E-state index contributed by atoms with van der Waals surface area (Å²) in [6.07, 6.45) is -1.82. The summed E-state index contributed by atoms with van der Waals surface area (Å²) < 4.78 is 0. The summed E-state index contributed by atoms with van der Waals surface area (Å²) in [5.74, 6) is -4.85. The first-order valence-electron chi connectivity index (χ1n) is 13.7. The van der Waals surface area contributed by atoms with Crippen LogP contribution < -0.4 is 16.8 Å². The summed E-state index contributed by atoms with van der Waals surface area (Å²) in [6.45, 7) is 0. The molecule has 2 aromatic rings. The first-order chi connectivity index (χ1) is 22.9. The van der Waals surface area contributed by atoms with Crippen LogP contribution in [0.15, 0.2) is 63.4 Å². The summed E-state index contributed by atoms with van der Waals surface area (Å²) in [4.78, 5) is 68.9. The fraction of sp³-hybridized carbons (Fsp3) is 0.179. The van der Waals surface area contributed by atoms with E-state index in [1.165, 1.54) is 35.0 Å². The van der Waals surface area contributed by atoms with Crippen molar-refractivity contribution in [3.05, 3.63) is 64.3 Å². The van der Waals surface area contributed by atoms with Gasteiger partial charge >= 0.3 is 11.9 Å². The second kappa shape index (κ2) is 13.0. The number of aliphatic carboxylic acids is 2. The van der Waals surface area contributed by atoms with Crippen molar-refractivity contribution >= 4 is 75.3 Å². The number of benzene rings is 1. The molecule has 3 atom stereocenters. The van der Waals surface area contributed by atoms with Gasteiger partial charge in [-0.05, 0) is 29.8 Å². The zero-order valence-corrected chi connectivity index (χ0v) is 26.6. The third kappa shape index (κ3) is 6.14. The van der Waals surface area contributed by atoms with E-state index in [1.807, 2.05) is 18.2 Å². The van der Waals surface area contributed by atoms with Gasteiger partial charge in [0.05, 0.1) is 5.69 Å². The van der Waals surface area contributed by atoms with Gasteiger partial charge in [-0.3, -0.25) is 14.5 Å². The molecule has 2 amide bonds. The molecule has 248 valence electrons. The maximum atomic E-state index is 13.5. The molecule has 10 N–H and O–H groups in total. The van der Waals surface area contributed by atoms with Crippen LogP contribution in [0.1, 0.15) is 17.4 Å². The number of H-pyrrole nitrogens is 1. The summed E-state index contributed by atoms with van der Waals surface area (Å²) >= 11 is 3.44. The second-order valence-electron chi connectivity index (χ2n) is 10.3. The van der Waals surface area contributed by atoms with E-state index in [9.17, 15) is 39.6 Å². The highest BCUT2D eigenvalue weighted by atomic mass is 32.2. The van der Waals surface area contributed by atoms with E-state index in [0.717, 1.165) is 39.6 Å². The largest absolute Gasteiger partial charge is 0.504 e. The molecule has 1 aliphatic carbocycles. The Kier molecular flexibility index (Phi) is 8.77. The monoisotopic (exact) mass is 712 g/mol. The molecule has 0 bridgehead atoms. The minimum atomic E-state index is -1.82. The maximum Gasteiger partial charge on any atom is 0.352 e. The number of fused-ring (bicyclic) bond motifs is 2. The molecule has 0 saturated carbocycles. The van der Waals surface area contributed by atoms with Gasteiger partial charge in [-0.1, -0.05) is 29.1 Å². The number of nitrogens with two attached hydrogens (primary N) is 2. The number of phenols is 2. The minimum Gasteiger partial charge on any atom is -0.504 e. The first kappa shape index (κ1) is 32.5. The number of carbonyl (C=O) groups is 4. The number of thiazole rings is 1. The Hall–Kier alpha value is -5.47. The minimum absolute atomic E-state index is 0.0595. The fourth-order valence-electron chi connectivity index (χ4n) is 4.95. The number of thioether (sulfide) groups is 2. The molecular weight excluding hydrogens is 689 g/mol. The molecule has 4 heterocycles. The van der Waals surface area contributed by atoms with Crippen LogP contribution >= 0.6 is 34.9 Å². The average Bonchev–Trinajstić information content (AvgIpc) is 3.70. The molecule has 0 spiro atoms. The summed E-state index contributed by atoms with van der Waals surface area (Å²) in [5, 5.41) is 46.6. The Balaban J connectivity index is 1.20. The lowest BCUT2D eigenvalue weighted by atomic mass is 10.0. The Morgan fingerprint density at radius 1 is 1.17 bits per heavy atom. The van der Waals surface area contributed by atoms with E-state index in [0.29, 0.717) is 16.5 Å². The van der Waals surface area contributed by atoms with Crippen molar-refractivity contribution in [3.63, 3.8) is 0 Å². The lowest BCUT2D eigenvalue weighted by Crippen LogP contribution is -2.71. The number of β-lactam (4-membered cyclic amide) rings is 1. The lowest BCUT2D eigenvalue weighted by Gasteiger charge is -2.49. The van der Waals surface area contributed by atoms with Crippen LogP contribution in [0.5, 0.6) is 11.5 Å². The third-order valence-electron chi connectivity index (χ3n) is 7.23. The van der Waals surface area contributed by atoms with E-state index in [-0.39, 0.29) is 33.6 Å². The van der Waals surface area contributed by atoms with Crippen molar-refractivity contribution in [3.8, 4) is 22.8 Å². The number of carboxylic acids is 2. The number of carbonyl (C=O) groups excluding carboxylic acids is 2. The number of hydrogen-bond donors (Lipinski definition) is 8. The van der Waals surface area contributed by atoms with Gasteiger partial charge in [0, 0.05) is 28.0 Å². The molecule has 3 aliphatic heterocycles. The molecule has 4 aliphatic rings. The van der Waals surface area contributed by atoms with Gasteiger partial charge in [-0.25, -0.2) is 19.6 Å². The van der Waals surface area contributed by atoms with Crippen LogP contribution in [0.25, 0.3) is 11.3 Å². The smallest absolute Gasteiger partial charge is 0.352 e. The summed E-state index contributed by atoms with van der Waals surface area (Å²) in [6, 6.07) is 7.51. The zero-order chi connectivity index (χ0) is 34.3. The average molecular weight is 713 g/mol. The topological polar surface area (TPSA) is 280 Å². The highest BCUT2D eigenvalue weighted by Gasteiger charge is 2.54. The van der Waals surface area contributed by atoms with Crippen LogP contribution in [0.3, 0.4) is 0 Å². The van der Waals surface area contributed by atoms with Crippen LogP contribution in [0.2, 0.25) is 0 Å². The molecule has 1 aromatic carbocycles. The number of nitrogens with zero attached hydrogens (tertiary/aromatic N) is 4. The SMILES string of the molecule is Nc1nc(/C(=N/O[C@H](C(=O)O)c2ccc(O)c(O)c2)C(=O)NC2C(=O)N3C(C(=O)O)=C(CSc4nc(N)c5cccc-5[nH]4)CS[C@@H]23)cs1. The van der Waals surface area contributed by atoms with E-state index in [4.69, 9.17) is 16.3 Å². The predicted octanol–water partition coefficient (Wildman–Crippen LogP) is 1.62. The standard InChI is InChI=1S/C28H24N8O9S3/c29-21-12-2-1-3-13(12)32-28(34-21)48-8-11-7-46-24-18(23(40)36(24)19(11)25(41)42)33-22(39)17(14-9-47-27(30)31-14)35-45-20(26(43)44)10-4-5-15(37)16(38)6-10/h1-6,9,18,20,24,37-38H,7-8,29H2,(H2,30,31)(H,32,34)(H,33,39)(H,41,42)(H,43,44)/b35-17-/t18?,20-,24-/m0/s1. The van der Waals surface area contributed by atoms with Crippen LogP contribution in [0, 0.1) is 0 Å². The number of aromatic amines is 1. The molecule has 1 unspecified atom stereocenters. The van der Waals surface area contributed by atoms with Crippen molar-refractivity contribution in [2.75, 3.05) is 23.0 Å². The Morgan fingerprint density at radius 3 is 2.65 bits per heavy atom. The van der Waals surface area contributed by atoms with Crippen LogP contribution in [-0.2, 0) is 24.0 Å². The molecule has 6 rings (SSSR count).